The Kier molecular flexibility index (Phi) is 3.85. The maximum atomic E-state index is 11.0. The lowest BCUT2D eigenvalue weighted by Gasteiger charge is -2.13. The summed E-state index contributed by atoms with van der Waals surface area (Å²) in [5, 5.41) is 9.86. The van der Waals surface area contributed by atoms with Crippen LogP contribution in [0.4, 0.5) is 5.69 Å². The molecule has 100 valence electrons. The lowest BCUT2D eigenvalue weighted by atomic mass is 10.1. The summed E-state index contributed by atoms with van der Waals surface area (Å²) >= 11 is 1.25. The van der Waals surface area contributed by atoms with Crippen LogP contribution in [-0.2, 0) is 6.42 Å². The number of hydrogen-bond acceptors (Lipinski definition) is 4. The number of aromatic carboxylic acids is 1. The molecule has 19 heavy (non-hydrogen) atoms. The molecule has 1 N–H and O–H groups in total. The molecule has 0 spiro atoms. The Morgan fingerprint density at radius 3 is 2.74 bits per heavy atom. The van der Waals surface area contributed by atoms with Crippen molar-refractivity contribution in [1.82, 2.24) is 4.98 Å². The SMILES string of the molecule is Cc1nc(Cc2cccc(N(C)C)c2)sc1C(=O)O. The molecule has 2 rings (SSSR count). The molecule has 0 atom stereocenters. The summed E-state index contributed by atoms with van der Waals surface area (Å²) in [6, 6.07) is 8.17. The molecule has 0 amide bonds. The van der Waals surface area contributed by atoms with Crippen LogP contribution in [0.2, 0.25) is 0 Å². The molecule has 5 heteroatoms. The Balaban J connectivity index is 2.24. The molecule has 0 saturated heterocycles. The molecular formula is C14H16N2O2S. The number of rotatable bonds is 4. The largest absolute Gasteiger partial charge is 0.477 e. The zero-order chi connectivity index (χ0) is 14.0. The summed E-state index contributed by atoms with van der Waals surface area (Å²) in [4.78, 5) is 17.7. The topological polar surface area (TPSA) is 53.4 Å². The molecule has 1 aromatic carbocycles. The minimum atomic E-state index is -0.900. The van der Waals surface area contributed by atoms with Crippen molar-refractivity contribution in [3.63, 3.8) is 0 Å². The maximum Gasteiger partial charge on any atom is 0.347 e. The third-order valence-electron chi connectivity index (χ3n) is 2.82. The van der Waals surface area contributed by atoms with Gasteiger partial charge in [-0.15, -0.1) is 11.3 Å². The van der Waals surface area contributed by atoms with Crippen molar-refractivity contribution in [2.24, 2.45) is 0 Å². The van der Waals surface area contributed by atoms with Crippen molar-refractivity contribution in [2.75, 3.05) is 19.0 Å². The Labute approximate surface area is 116 Å². The molecule has 1 aromatic heterocycles. The standard InChI is InChI=1S/C14H16N2O2S/c1-9-13(14(17)18)19-12(15-9)8-10-5-4-6-11(7-10)16(2)3/h4-7H,8H2,1-3H3,(H,17,18). The highest BCUT2D eigenvalue weighted by molar-refractivity contribution is 7.13. The summed E-state index contributed by atoms with van der Waals surface area (Å²) < 4.78 is 0. The number of aromatic nitrogens is 1. The Morgan fingerprint density at radius 2 is 2.16 bits per heavy atom. The normalized spacial score (nSPS) is 10.5. The van der Waals surface area contributed by atoms with Gasteiger partial charge in [-0.2, -0.15) is 0 Å². The molecule has 0 aliphatic heterocycles. The summed E-state index contributed by atoms with van der Waals surface area (Å²) in [6.07, 6.45) is 0.667. The van der Waals surface area contributed by atoms with Crippen LogP contribution in [0.3, 0.4) is 0 Å². The molecular weight excluding hydrogens is 260 g/mol. The van der Waals surface area contributed by atoms with Crippen LogP contribution in [-0.4, -0.2) is 30.2 Å². The van der Waals surface area contributed by atoms with E-state index in [1.165, 1.54) is 11.3 Å². The zero-order valence-electron chi connectivity index (χ0n) is 11.2. The van der Waals surface area contributed by atoms with Crippen LogP contribution in [0.25, 0.3) is 0 Å². The number of carboxylic acids is 1. The molecule has 2 aromatic rings. The maximum absolute atomic E-state index is 11.0. The number of carbonyl (C=O) groups is 1. The van der Waals surface area contributed by atoms with Crippen LogP contribution in [0.15, 0.2) is 24.3 Å². The highest BCUT2D eigenvalue weighted by Crippen LogP contribution is 2.22. The summed E-state index contributed by atoms with van der Waals surface area (Å²) in [6.45, 7) is 1.74. The van der Waals surface area contributed by atoms with Gasteiger partial charge in [-0.05, 0) is 24.6 Å². The molecule has 0 aliphatic rings. The van der Waals surface area contributed by atoms with Crippen molar-refractivity contribution in [3.05, 3.63) is 45.4 Å². The van der Waals surface area contributed by atoms with Gasteiger partial charge in [-0.25, -0.2) is 9.78 Å². The van der Waals surface area contributed by atoms with Crippen molar-refractivity contribution < 1.29 is 9.90 Å². The second kappa shape index (κ2) is 5.40. The second-order valence-corrected chi connectivity index (χ2v) is 5.65. The van der Waals surface area contributed by atoms with Crippen molar-refractivity contribution in [1.29, 1.82) is 0 Å². The summed E-state index contributed by atoms with van der Waals surface area (Å²) in [5.74, 6) is -0.900. The van der Waals surface area contributed by atoms with Gasteiger partial charge in [-0.3, -0.25) is 0 Å². The van der Waals surface area contributed by atoms with E-state index in [1.54, 1.807) is 6.92 Å². The van der Waals surface area contributed by atoms with E-state index in [1.807, 2.05) is 37.2 Å². The third-order valence-corrected chi connectivity index (χ3v) is 3.96. The lowest BCUT2D eigenvalue weighted by Crippen LogP contribution is -2.08. The van der Waals surface area contributed by atoms with Gasteiger partial charge in [0, 0.05) is 26.2 Å². The van der Waals surface area contributed by atoms with Gasteiger partial charge in [0.1, 0.15) is 4.88 Å². The predicted octanol–water partition coefficient (Wildman–Crippen LogP) is 2.81. The fraction of sp³-hybridized carbons (Fsp3) is 0.286. The van der Waals surface area contributed by atoms with Gasteiger partial charge in [-0.1, -0.05) is 12.1 Å². The van der Waals surface area contributed by atoms with Crippen LogP contribution < -0.4 is 4.90 Å². The molecule has 0 unspecified atom stereocenters. The van der Waals surface area contributed by atoms with Gasteiger partial charge in [0.25, 0.3) is 0 Å². The van der Waals surface area contributed by atoms with Gasteiger partial charge in [0.05, 0.1) is 10.7 Å². The molecule has 1 heterocycles. The highest BCUT2D eigenvalue weighted by atomic mass is 32.1. The molecule has 0 fully saturated rings. The van der Waals surface area contributed by atoms with E-state index in [0.29, 0.717) is 17.0 Å². The van der Waals surface area contributed by atoms with Crippen LogP contribution >= 0.6 is 11.3 Å². The number of thiazole rings is 1. The number of benzene rings is 1. The average Bonchev–Trinajstić information content (AvgIpc) is 2.70. The highest BCUT2D eigenvalue weighted by Gasteiger charge is 2.14. The molecule has 0 saturated carbocycles. The van der Waals surface area contributed by atoms with E-state index >= 15 is 0 Å². The van der Waals surface area contributed by atoms with Crippen molar-refractivity contribution >= 4 is 23.0 Å². The first-order valence-corrected chi connectivity index (χ1v) is 6.75. The third kappa shape index (κ3) is 3.12. The van der Waals surface area contributed by atoms with Crippen molar-refractivity contribution in [2.45, 2.75) is 13.3 Å². The van der Waals surface area contributed by atoms with E-state index in [2.05, 4.69) is 11.1 Å². The molecule has 4 nitrogen and oxygen atoms in total. The fourth-order valence-corrected chi connectivity index (χ4v) is 2.78. The summed E-state index contributed by atoms with van der Waals surface area (Å²) in [5.41, 5.74) is 2.86. The van der Waals surface area contributed by atoms with Gasteiger partial charge in [0.15, 0.2) is 0 Å². The minimum absolute atomic E-state index is 0.332. The van der Waals surface area contributed by atoms with E-state index in [4.69, 9.17) is 5.11 Å². The zero-order valence-corrected chi connectivity index (χ0v) is 12.0. The Morgan fingerprint density at radius 1 is 1.42 bits per heavy atom. The van der Waals surface area contributed by atoms with Crippen LogP contribution in [0.5, 0.6) is 0 Å². The monoisotopic (exact) mass is 276 g/mol. The van der Waals surface area contributed by atoms with E-state index < -0.39 is 5.97 Å². The van der Waals surface area contributed by atoms with Crippen LogP contribution in [0.1, 0.15) is 25.9 Å². The Hall–Kier alpha value is -1.88. The number of carboxylic acid groups (broad SMARTS) is 1. The number of nitrogens with zero attached hydrogens (tertiary/aromatic N) is 2. The minimum Gasteiger partial charge on any atom is -0.477 e. The quantitative estimate of drug-likeness (QED) is 0.933. The second-order valence-electron chi connectivity index (χ2n) is 4.57. The molecule has 0 aliphatic carbocycles. The van der Waals surface area contributed by atoms with Crippen molar-refractivity contribution in [3.8, 4) is 0 Å². The number of anilines is 1. The van der Waals surface area contributed by atoms with Crippen LogP contribution in [0, 0.1) is 6.92 Å². The van der Waals surface area contributed by atoms with E-state index in [0.717, 1.165) is 16.3 Å². The average molecular weight is 276 g/mol. The van der Waals surface area contributed by atoms with E-state index in [-0.39, 0.29) is 0 Å². The molecule has 0 radical (unpaired) electrons. The molecule has 0 bridgehead atoms. The number of aryl methyl sites for hydroxylation is 1. The smallest absolute Gasteiger partial charge is 0.347 e. The van der Waals surface area contributed by atoms with Gasteiger partial charge in [0.2, 0.25) is 0 Å². The first kappa shape index (κ1) is 13.5. The Bertz CT molecular complexity index is 605. The lowest BCUT2D eigenvalue weighted by molar-refractivity contribution is 0.0701. The summed E-state index contributed by atoms with van der Waals surface area (Å²) in [7, 11) is 3.99. The van der Waals surface area contributed by atoms with Gasteiger partial charge >= 0.3 is 5.97 Å². The first-order chi connectivity index (χ1) is 8.97. The van der Waals surface area contributed by atoms with Gasteiger partial charge < -0.3 is 10.0 Å². The first-order valence-electron chi connectivity index (χ1n) is 5.93. The fourth-order valence-electron chi connectivity index (χ4n) is 1.85. The predicted molar refractivity (Wildman–Crippen MR) is 77.4 cm³/mol. The number of hydrogen-bond donors (Lipinski definition) is 1. The van der Waals surface area contributed by atoms with E-state index in [9.17, 15) is 4.79 Å².